The number of para-hydroxylation sites is 1. The Balaban J connectivity index is 0.00000166. The number of anilines is 1. The molecule has 1 heterocycles. The molecule has 8 heteroatoms. The van der Waals surface area contributed by atoms with E-state index in [0.717, 1.165) is 0 Å². The fourth-order valence-corrected chi connectivity index (χ4v) is 3.34. The van der Waals surface area contributed by atoms with Crippen molar-refractivity contribution in [3.63, 3.8) is 0 Å². The van der Waals surface area contributed by atoms with Gasteiger partial charge in [0.1, 0.15) is 6.54 Å². The summed E-state index contributed by atoms with van der Waals surface area (Å²) < 4.78 is 0. The molecule has 31 heavy (non-hydrogen) atoms. The van der Waals surface area contributed by atoms with E-state index in [1.165, 1.54) is 9.91 Å². The minimum atomic E-state index is -1.01. The predicted molar refractivity (Wildman–Crippen MR) is 119 cm³/mol. The third kappa shape index (κ3) is 6.82. The van der Waals surface area contributed by atoms with Crippen LogP contribution in [0.5, 0.6) is 0 Å². The van der Waals surface area contributed by atoms with Crippen molar-refractivity contribution in [1.29, 1.82) is 0 Å². The number of carboxylic acid groups (broad SMARTS) is 1. The Morgan fingerprint density at radius 2 is 1.68 bits per heavy atom. The van der Waals surface area contributed by atoms with Crippen LogP contribution in [0.25, 0.3) is 0 Å². The van der Waals surface area contributed by atoms with E-state index in [9.17, 15) is 19.5 Å². The molecule has 1 saturated heterocycles. The van der Waals surface area contributed by atoms with Crippen LogP contribution >= 0.6 is 0 Å². The maximum atomic E-state index is 13.1. The Bertz CT molecular complexity index is 860. The Morgan fingerprint density at radius 3 is 2.26 bits per heavy atom. The SMILES string of the molecule is CC.CC1CN(CC(=O)Nc2ccccc2)C(=O)N(C(CC(=O)O)c2ccccc2)N1. The van der Waals surface area contributed by atoms with Gasteiger partial charge in [-0.2, -0.15) is 0 Å². The van der Waals surface area contributed by atoms with E-state index in [2.05, 4.69) is 10.7 Å². The standard InChI is InChI=1S/C21H24N4O4.C2H6/c1-15-13-24(14-19(26)22-17-10-6-3-7-11-17)21(29)25(23-15)18(12-20(27)28)16-8-4-2-5-9-16;1-2/h2-11,15,18,23H,12-14H2,1H3,(H,22,26)(H,27,28);1-2H3. The topological polar surface area (TPSA) is 102 Å². The lowest BCUT2D eigenvalue weighted by Gasteiger charge is -2.42. The number of nitrogens with one attached hydrogen (secondary N) is 2. The molecular formula is C23H30N4O4. The van der Waals surface area contributed by atoms with E-state index in [-0.39, 0.29) is 24.9 Å². The number of rotatable bonds is 7. The molecule has 3 rings (SSSR count). The van der Waals surface area contributed by atoms with Crippen LogP contribution in [0.1, 0.15) is 38.8 Å². The van der Waals surface area contributed by atoms with Crippen molar-refractivity contribution in [1.82, 2.24) is 15.3 Å². The molecule has 2 aromatic carbocycles. The van der Waals surface area contributed by atoms with Crippen LogP contribution in [0.2, 0.25) is 0 Å². The minimum absolute atomic E-state index is 0.120. The summed E-state index contributed by atoms with van der Waals surface area (Å²) in [5, 5.41) is 13.5. The van der Waals surface area contributed by atoms with Gasteiger partial charge in [0.05, 0.1) is 12.5 Å². The molecule has 0 aromatic heterocycles. The largest absolute Gasteiger partial charge is 0.481 e. The van der Waals surface area contributed by atoms with Gasteiger partial charge in [-0.1, -0.05) is 62.4 Å². The molecule has 0 spiro atoms. The summed E-state index contributed by atoms with van der Waals surface area (Å²) in [6.07, 6.45) is -0.250. The average Bonchev–Trinajstić information content (AvgIpc) is 2.77. The van der Waals surface area contributed by atoms with Crippen molar-refractivity contribution in [3.8, 4) is 0 Å². The Kier molecular flexibility index (Phi) is 9.02. The number of carbonyl (C=O) groups excluding carboxylic acids is 2. The predicted octanol–water partition coefficient (Wildman–Crippen LogP) is 3.50. The molecule has 2 unspecified atom stereocenters. The number of hydrogen-bond acceptors (Lipinski definition) is 4. The second kappa shape index (κ2) is 11.7. The lowest BCUT2D eigenvalue weighted by Crippen LogP contribution is -2.63. The van der Waals surface area contributed by atoms with Crippen molar-refractivity contribution in [2.75, 3.05) is 18.4 Å². The van der Waals surface area contributed by atoms with Gasteiger partial charge in [-0.15, -0.1) is 0 Å². The summed E-state index contributed by atoms with van der Waals surface area (Å²) in [7, 11) is 0. The number of hydrazine groups is 1. The van der Waals surface area contributed by atoms with E-state index >= 15 is 0 Å². The Hall–Kier alpha value is -3.39. The molecule has 3 amide bonds. The van der Waals surface area contributed by atoms with E-state index in [4.69, 9.17) is 0 Å². The van der Waals surface area contributed by atoms with Gasteiger partial charge in [0.15, 0.2) is 0 Å². The van der Waals surface area contributed by atoms with E-state index in [1.54, 1.807) is 36.4 Å². The first-order chi connectivity index (χ1) is 14.9. The summed E-state index contributed by atoms with van der Waals surface area (Å²) in [5.41, 5.74) is 4.43. The number of carboxylic acids is 1. The van der Waals surface area contributed by atoms with Gasteiger partial charge in [-0.3, -0.25) is 14.6 Å². The highest BCUT2D eigenvalue weighted by Crippen LogP contribution is 2.26. The van der Waals surface area contributed by atoms with Gasteiger partial charge in [-0.25, -0.2) is 10.2 Å². The molecule has 0 aliphatic carbocycles. The third-order valence-electron chi connectivity index (χ3n) is 4.59. The number of urea groups is 1. The maximum Gasteiger partial charge on any atom is 0.335 e. The summed E-state index contributed by atoms with van der Waals surface area (Å²) >= 11 is 0. The zero-order valence-corrected chi connectivity index (χ0v) is 18.1. The van der Waals surface area contributed by atoms with Crippen molar-refractivity contribution >= 4 is 23.6 Å². The highest BCUT2D eigenvalue weighted by Gasteiger charge is 2.36. The normalized spacial score (nSPS) is 16.7. The van der Waals surface area contributed by atoms with Crippen LogP contribution in [0.3, 0.4) is 0 Å². The highest BCUT2D eigenvalue weighted by atomic mass is 16.4. The molecule has 2 atom stereocenters. The third-order valence-corrected chi connectivity index (χ3v) is 4.59. The maximum absolute atomic E-state index is 13.1. The number of benzene rings is 2. The summed E-state index contributed by atoms with van der Waals surface area (Å²) in [5.74, 6) is -1.33. The number of amides is 3. The van der Waals surface area contributed by atoms with Crippen LogP contribution in [0.15, 0.2) is 60.7 Å². The quantitative estimate of drug-likeness (QED) is 0.629. The average molecular weight is 427 g/mol. The molecule has 3 N–H and O–H groups in total. The van der Waals surface area contributed by atoms with Crippen molar-refractivity contribution < 1.29 is 19.5 Å². The first kappa shape index (κ1) is 23.9. The van der Waals surface area contributed by atoms with Gasteiger partial charge >= 0.3 is 12.0 Å². The van der Waals surface area contributed by atoms with Crippen LogP contribution < -0.4 is 10.7 Å². The number of nitrogens with zero attached hydrogens (tertiary/aromatic N) is 2. The molecule has 1 fully saturated rings. The first-order valence-corrected chi connectivity index (χ1v) is 10.4. The second-order valence-corrected chi connectivity index (χ2v) is 7.00. The van der Waals surface area contributed by atoms with Gasteiger partial charge in [0.2, 0.25) is 5.91 Å². The highest BCUT2D eigenvalue weighted by molar-refractivity contribution is 5.94. The summed E-state index contributed by atoms with van der Waals surface area (Å²) in [6.45, 7) is 6.10. The number of aliphatic carboxylic acids is 1. The van der Waals surface area contributed by atoms with Crippen LogP contribution in [-0.4, -0.2) is 52.1 Å². The molecular weight excluding hydrogens is 396 g/mol. The van der Waals surface area contributed by atoms with E-state index in [0.29, 0.717) is 17.8 Å². The first-order valence-electron chi connectivity index (χ1n) is 10.4. The summed E-state index contributed by atoms with van der Waals surface area (Å²) in [6, 6.07) is 16.7. The molecule has 2 aromatic rings. The molecule has 0 saturated carbocycles. The number of carbonyl (C=O) groups is 3. The van der Waals surface area contributed by atoms with Crippen LogP contribution in [0, 0.1) is 0 Å². The van der Waals surface area contributed by atoms with E-state index in [1.807, 2.05) is 45.0 Å². The molecule has 0 radical (unpaired) electrons. The monoisotopic (exact) mass is 426 g/mol. The van der Waals surface area contributed by atoms with Gasteiger partial charge in [0, 0.05) is 18.3 Å². The zero-order chi connectivity index (χ0) is 22.8. The molecule has 8 nitrogen and oxygen atoms in total. The van der Waals surface area contributed by atoms with Gasteiger partial charge < -0.3 is 15.3 Å². The minimum Gasteiger partial charge on any atom is -0.481 e. The van der Waals surface area contributed by atoms with E-state index < -0.39 is 18.0 Å². The molecule has 166 valence electrons. The van der Waals surface area contributed by atoms with Crippen LogP contribution in [-0.2, 0) is 9.59 Å². The number of hydrogen-bond donors (Lipinski definition) is 3. The fourth-order valence-electron chi connectivity index (χ4n) is 3.34. The van der Waals surface area contributed by atoms with Gasteiger partial charge in [-0.05, 0) is 24.6 Å². The van der Waals surface area contributed by atoms with Crippen LogP contribution in [0.4, 0.5) is 10.5 Å². The summed E-state index contributed by atoms with van der Waals surface area (Å²) in [4.78, 5) is 38.4. The Labute approximate surface area is 182 Å². The second-order valence-electron chi connectivity index (χ2n) is 7.00. The lowest BCUT2D eigenvalue weighted by atomic mass is 10.0. The smallest absolute Gasteiger partial charge is 0.335 e. The molecule has 1 aliphatic heterocycles. The lowest BCUT2D eigenvalue weighted by molar-refractivity contribution is -0.138. The molecule has 1 aliphatic rings. The fraction of sp³-hybridized carbons (Fsp3) is 0.348. The van der Waals surface area contributed by atoms with Gasteiger partial charge in [0.25, 0.3) is 0 Å². The molecule has 0 bridgehead atoms. The van der Waals surface area contributed by atoms with Crippen molar-refractivity contribution in [3.05, 3.63) is 66.2 Å². The van der Waals surface area contributed by atoms with Crippen molar-refractivity contribution in [2.24, 2.45) is 0 Å². The Morgan fingerprint density at radius 1 is 1.10 bits per heavy atom. The van der Waals surface area contributed by atoms with Crippen molar-refractivity contribution in [2.45, 2.75) is 39.3 Å². The zero-order valence-electron chi connectivity index (χ0n) is 18.1.